The summed E-state index contributed by atoms with van der Waals surface area (Å²) >= 11 is 3.21. The lowest BCUT2D eigenvalue weighted by Gasteiger charge is -2.24. The maximum absolute atomic E-state index is 12.4. The molecule has 1 aromatic rings. The molecular formula is C11H18N2O2S3. The van der Waals surface area contributed by atoms with Crippen molar-refractivity contribution in [3.05, 3.63) is 17.0 Å². The maximum atomic E-state index is 12.4. The lowest BCUT2D eigenvalue weighted by molar-refractivity contribution is 0.445. The van der Waals surface area contributed by atoms with Crippen LogP contribution in [0.4, 0.5) is 0 Å². The normalized spacial score (nSPS) is 18.1. The molecule has 0 aliphatic carbocycles. The molecule has 4 nitrogen and oxygen atoms in total. The highest BCUT2D eigenvalue weighted by Crippen LogP contribution is 2.26. The lowest BCUT2D eigenvalue weighted by Crippen LogP contribution is -2.37. The Kier molecular flexibility index (Phi) is 5.08. The minimum absolute atomic E-state index is 0.487. The van der Waals surface area contributed by atoms with Gasteiger partial charge < -0.3 is 5.32 Å². The number of sulfonamides is 1. The van der Waals surface area contributed by atoms with E-state index in [9.17, 15) is 8.42 Å². The summed E-state index contributed by atoms with van der Waals surface area (Å²) < 4.78 is 26.9. The molecule has 0 spiro atoms. The number of nitrogens with zero attached hydrogens (tertiary/aromatic N) is 1. The molecule has 0 bridgehead atoms. The Morgan fingerprint density at radius 2 is 2.06 bits per heavy atom. The predicted octanol–water partition coefficient (Wildman–Crippen LogP) is 1.25. The molecule has 0 atom stereocenters. The van der Waals surface area contributed by atoms with E-state index in [0.717, 1.165) is 29.3 Å². The molecule has 18 heavy (non-hydrogen) atoms. The van der Waals surface area contributed by atoms with Gasteiger partial charge in [0.05, 0.1) is 0 Å². The van der Waals surface area contributed by atoms with E-state index in [1.165, 1.54) is 11.3 Å². The molecule has 2 rings (SSSR count). The van der Waals surface area contributed by atoms with Crippen molar-refractivity contribution in [3.8, 4) is 0 Å². The molecular weight excluding hydrogens is 288 g/mol. The largest absolute Gasteiger partial charge is 0.319 e. The van der Waals surface area contributed by atoms with E-state index in [-0.39, 0.29) is 0 Å². The lowest BCUT2D eigenvalue weighted by atomic mass is 10.3. The predicted molar refractivity (Wildman–Crippen MR) is 78.0 cm³/mol. The second-order valence-corrected chi connectivity index (χ2v) is 8.65. The highest BCUT2D eigenvalue weighted by atomic mass is 32.2. The van der Waals surface area contributed by atoms with Gasteiger partial charge in [0.1, 0.15) is 4.21 Å². The second-order valence-electron chi connectivity index (χ2n) is 4.09. The zero-order valence-electron chi connectivity index (χ0n) is 10.4. The summed E-state index contributed by atoms with van der Waals surface area (Å²) in [5.41, 5.74) is 0. The Labute approximate surface area is 117 Å². The van der Waals surface area contributed by atoms with Gasteiger partial charge in [-0.25, -0.2) is 8.42 Å². The molecule has 0 saturated carbocycles. The molecule has 0 unspecified atom stereocenters. The van der Waals surface area contributed by atoms with Crippen LogP contribution in [-0.2, 0) is 16.4 Å². The molecule has 2 heterocycles. The van der Waals surface area contributed by atoms with Crippen molar-refractivity contribution >= 4 is 33.1 Å². The number of likely N-dealkylation sites (N-methyl/N-ethyl adjacent to an activating group) is 1. The third-order valence-electron chi connectivity index (χ3n) is 2.82. The fourth-order valence-corrected chi connectivity index (χ4v) is 5.88. The van der Waals surface area contributed by atoms with E-state index in [2.05, 4.69) is 5.32 Å². The first-order valence-electron chi connectivity index (χ1n) is 5.96. The Hall–Kier alpha value is -0.0800. The number of thiophene rings is 1. The Balaban J connectivity index is 2.11. The molecule has 1 aromatic heterocycles. The third kappa shape index (κ3) is 3.27. The first-order valence-corrected chi connectivity index (χ1v) is 9.37. The summed E-state index contributed by atoms with van der Waals surface area (Å²) in [5.74, 6) is 1.80. The van der Waals surface area contributed by atoms with Gasteiger partial charge in [0, 0.05) is 29.5 Å². The third-order valence-corrected chi connectivity index (χ3v) is 7.28. The van der Waals surface area contributed by atoms with Crippen LogP contribution in [0.1, 0.15) is 4.88 Å². The first kappa shape index (κ1) is 14.3. The summed E-state index contributed by atoms with van der Waals surface area (Å²) in [7, 11) is -1.35. The van der Waals surface area contributed by atoms with Crippen LogP contribution in [0.15, 0.2) is 16.3 Å². The van der Waals surface area contributed by atoms with Crippen LogP contribution in [0.5, 0.6) is 0 Å². The van der Waals surface area contributed by atoms with Crippen molar-refractivity contribution in [2.75, 3.05) is 38.2 Å². The van der Waals surface area contributed by atoms with E-state index >= 15 is 0 Å². The molecule has 0 amide bonds. The van der Waals surface area contributed by atoms with Gasteiger partial charge in [-0.15, -0.1) is 11.3 Å². The van der Waals surface area contributed by atoms with Crippen LogP contribution in [0.3, 0.4) is 0 Å². The molecule has 7 heteroatoms. The van der Waals surface area contributed by atoms with Crippen molar-refractivity contribution < 1.29 is 8.42 Å². The van der Waals surface area contributed by atoms with Gasteiger partial charge in [0.15, 0.2) is 0 Å². The highest BCUT2D eigenvalue weighted by molar-refractivity contribution is 7.99. The summed E-state index contributed by atoms with van der Waals surface area (Å²) in [5, 5.41) is 3.07. The standard InChI is InChI=1S/C11H18N2O2S3/c1-12-5-4-10-2-3-11(17-10)18(14,15)13-6-8-16-9-7-13/h2-3,12H,4-9H2,1H3. The van der Waals surface area contributed by atoms with Gasteiger partial charge in [0.2, 0.25) is 0 Å². The van der Waals surface area contributed by atoms with Crippen LogP contribution < -0.4 is 5.32 Å². The van der Waals surface area contributed by atoms with Gasteiger partial charge in [-0.2, -0.15) is 16.1 Å². The van der Waals surface area contributed by atoms with Crippen molar-refractivity contribution in [2.24, 2.45) is 0 Å². The molecule has 0 aromatic carbocycles. The maximum Gasteiger partial charge on any atom is 0.252 e. The number of thioether (sulfide) groups is 1. The van der Waals surface area contributed by atoms with Crippen molar-refractivity contribution in [1.82, 2.24) is 9.62 Å². The SMILES string of the molecule is CNCCc1ccc(S(=O)(=O)N2CCSCC2)s1. The van der Waals surface area contributed by atoms with Crippen molar-refractivity contribution in [2.45, 2.75) is 10.6 Å². The van der Waals surface area contributed by atoms with Crippen molar-refractivity contribution in [1.29, 1.82) is 0 Å². The topological polar surface area (TPSA) is 49.4 Å². The molecule has 1 fully saturated rings. The zero-order valence-corrected chi connectivity index (χ0v) is 12.8. The quantitative estimate of drug-likeness (QED) is 0.889. The second kappa shape index (κ2) is 6.38. The number of rotatable bonds is 5. The fourth-order valence-electron chi connectivity index (χ4n) is 1.79. The van der Waals surface area contributed by atoms with E-state index in [4.69, 9.17) is 0 Å². The van der Waals surface area contributed by atoms with Gasteiger partial charge in [-0.1, -0.05) is 0 Å². The van der Waals surface area contributed by atoms with Gasteiger partial charge in [-0.3, -0.25) is 0 Å². The average Bonchev–Trinajstić information content (AvgIpc) is 2.87. The minimum Gasteiger partial charge on any atom is -0.319 e. The van der Waals surface area contributed by atoms with Crippen LogP contribution in [0.2, 0.25) is 0 Å². The van der Waals surface area contributed by atoms with E-state index in [0.29, 0.717) is 17.3 Å². The molecule has 1 N–H and O–H groups in total. The Morgan fingerprint density at radius 1 is 1.33 bits per heavy atom. The number of hydrogen-bond acceptors (Lipinski definition) is 5. The van der Waals surface area contributed by atoms with Gasteiger partial charge in [0.25, 0.3) is 10.0 Å². The summed E-state index contributed by atoms with van der Waals surface area (Å²) in [6, 6.07) is 3.67. The zero-order chi connectivity index (χ0) is 13.0. The van der Waals surface area contributed by atoms with E-state index < -0.39 is 10.0 Å². The summed E-state index contributed by atoms with van der Waals surface area (Å²) in [4.78, 5) is 1.12. The van der Waals surface area contributed by atoms with Gasteiger partial charge >= 0.3 is 0 Å². The Bertz CT molecular complexity index is 478. The molecule has 102 valence electrons. The monoisotopic (exact) mass is 306 g/mol. The van der Waals surface area contributed by atoms with Crippen molar-refractivity contribution in [3.63, 3.8) is 0 Å². The van der Waals surface area contributed by atoms with E-state index in [1.54, 1.807) is 10.4 Å². The number of hydrogen-bond donors (Lipinski definition) is 1. The summed E-state index contributed by atoms with van der Waals surface area (Å²) in [6.07, 6.45) is 0.881. The molecule has 1 aliphatic heterocycles. The smallest absolute Gasteiger partial charge is 0.252 e. The minimum atomic E-state index is -3.25. The molecule has 1 saturated heterocycles. The molecule has 0 radical (unpaired) electrons. The highest BCUT2D eigenvalue weighted by Gasteiger charge is 2.27. The Morgan fingerprint density at radius 3 is 2.72 bits per heavy atom. The first-order chi connectivity index (χ1) is 8.64. The van der Waals surface area contributed by atoms with Gasteiger partial charge in [-0.05, 0) is 32.1 Å². The molecule has 1 aliphatic rings. The average molecular weight is 306 g/mol. The van der Waals surface area contributed by atoms with Crippen LogP contribution in [0, 0.1) is 0 Å². The van der Waals surface area contributed by atoms with Crippen LogP contribution in [-0.4, -0.2) is 50.9 Å². The fraction of sp³-hybridized carbons (Fsp3) is 0.636. The van der Waals surface area contributed by atoms with Crippen LogP contribution >= 0.6 is 23.1 Å². The summed E-state index contributed by atoms with van der Waals surface area (Å²) in [6.45, 7) is 2.15. The van der Waals surface area contributed by atoms with E-state index in [1.807, 2.05) is 24.9 Å². The number of nitrogens with one attached hydrogen (secondary N) is 1. The van der Waals surface area contributed by atoms with Crippen LogP contribution in [0.25, 0.3) is 0 Å².